The average molecular weight is 292 g/mol. The number of aromatic nitrogens is 2. The molecule has 0 unspecified atom stereocenters. The second-order valence-corrected chi connectivity index (χ2v) is 4.70. The molecule has 2 heterocycles. The van der Waals surface area contributed by atoms with Crippen molar-refractivity contribution in [2.75, 3.05) is 14.2 Å². The number of pyridine rings is 2. The van der Waals surface area contributed by atoms with E-state index in [0.717, 1.165) is 28.1 Å². The maximum atomic E-state index is 5.45. The summed E-state index contributed by atoms with van der Waals surface area (Å²) in [7, 11) is 3.27. The van der Waals surface area contributed by atoms with Crippen molar-refractivity contribution in [2.24, 2.45) is 0 Å². The maximum absolute atomic E-state index is 5.45. The minimum atomic E-state index is 0.559. The first-order chi connectivity index (χ1) is 10.8. The fourth-order valence-electron chi connectivity index (χ4n) is 2.35. The minimum Gasteiger partial charge on any atom is -0.496 e. The van der Waals surface area contributed by atoms with E-state index in [4.69, 9.17) is 9.47 Å². The van der Waals surface area contributed by atoms with Crippen molar-refractivity contribution in [3.05, 3.63) is 60.9 Å². The van der Waals surface area contributed by atoms with E-state index < -0.39 is 0 Å². The first-order valence-electron chi connectivity index (χ1n) is 6.92. The van der Waals surface area contributed by atoms with Gasteiger partial charge in [-0.3, -0.25) is 4.98 Å². The van der Waals surface area contributed by atoms with Gasteiger partial charge in [0.05, 0.1) is 19.9 Å². The Bertz CT molecular complexity index is 773. The molecule has 4 nitrogen and oxygen atoms in total. The highest BCUT2D eigenvalue weighted by Crippen LogP contribution is 2.36. The van der Waals surface area contributed by atoms with Crippen LogP contribution in [0.1, 0.15) is 0 Å². The van der Waals surface area contributed by atoms with Gasteiger partial charge in [0.15, 0.2) is 0 Å². The van der Waals surface area contributed by atoms with Crippen molar-refractivity contribution in [2.45, 2.75) is 0 Å². The lowest BCUT2D eigenvalue weighted by molar-refractivity contribution is 0.397. The monoisotopic (exact) mass is 292 g/mol. The molecule has 110 valence electrons. The highest BCUT2D eigenvalue weighted by molar-refractivity contribution is 5.78. The minimum absolute atomic E-state index is 0.559. The number of benzene rings is 1. The molecule has 0 fully saturated rings. The summed E-state index contributed by atoms with van der Waals surface area (Å²) < 4.78 is 10.8. The van der Waals surface area contributed by atoms with Crippen molar-refractivity contribution in [3.63, 3.8) is 0 Å². The lowest BCUT2D eigenvalue weighted by atomic mass is 10.0. The number of methoxy groups -OCH3 is 2. The van der Waals surface area contributed by atoms with Gasteiger partial charge in [-0.05, 0) is 24.3 Å². The number of hydrogen-bond acceptors (Lipinski definition) is 4. The zero-order valence-electron chi connectivity index (χ0n) is 12.5. The van der Waals surface area contributed by atoms with Gasteiger partial charge >= 0.3 is 0 Å². The van der Waals surface area contributed by atoms with Gasteiger partial charge in [0.1, 0.15) is 5.75 Å². The van der Waals surface area contributed by atoms with Crippen LogP contribution in [0.15, 0.2) is 60.9 Å². The van der Waals surface area contributed by atoms with E-state index in [9.17, 15) is 0 Å². The van der Waals surface area contributed by atoms with E-state index in [-0.39, 0.29) is 0 Å². The Morgan fingerprint density at radius 1 is 0.818 bits per heavy atom. The van der Waals surface area contributed by atoms with E-state index in [1.165, 1.54) is 0 Å². The van der Waals surface area contributed by atoms with Gasteiger partial charge in [0, 0.05) is 29.1 Å². The van der Waals surface area contributed by atoms with E-state index >= 15 is 0 Å². The summed E-state index contributed by atoms with van der Waals surface area (Å²) >= 11 is 0. The fourth-order valence-corrected chi connectivity index (χ4v) is 2.35. The molecule has 0 aliphatic heterocycles. The molecule has 0 aliphatic rings. The number of hydrogen-bond donors (Lipinski definition) is 0. The normalized spacial score (nSPS) is 10.3. The number of ether oxygens (including phenoxy) is 2. The van der Waals surface area contributed by atoms with Crippen LogP contribution in [0.2, 0.25) is 0 Å². The molecule has 1 aromatic carbocycles. The van der Waals surface area contributed by atoms with Crippen LogP contribution >= 0.6 is 0 Å². The van der Waals surface area contributed by atoms with Crippen LogP contribution in [0.5, 0.6) is 11.6 Å². The topological polar surface area (TPSA) is 44.2 Å². The molecule has 0 saturated heterocycles. The smallest absolute Gasteiger partial charge is 0.221 e. The van der Waals surface area contributed by atoms with Crippen molar-refractivity contribution in [3.8, 4) is 34.0 Å². The van der Waals surface area contributed by atoms with Crippen LogP contribution in [0, 0.1) is 0 Å². The second kappa shape index (κ2) is 6.26. The molecule has 0 amide bonds. The summed E-state index contributed by atoms with van der Waals surface area (Å²) in [6, 6.07) is 15.6. The molecule has 3 aromatic rings. The number of nitrogens with zero attached hydrogens (tertiary/aromatic N) is 2. The standard InChI is InChI=1S/C18H16N2O2/c1-21-17-9-4-3-7-14(17)15-11-13(12-20-18(15)22-2)16-8-5-6-10-19-16/h3-12H,1-2H3. The number of rotatable bonds is 4. The van der Waals surface area contributed by atoms with Crippen LogP contribution in [0.3, 0.4) is 0 Å². The number of para-hydroxylation sites is 1. The summed E-state index contributed by atoms with van der Waals surface area (Å²) in [5, 5.41) is 0. The molecule has 0 atom stereocenters. The first-order valence-corrected chi connectivity index (χ1v) is 6.92. The van der Waals surface area contributed by atoms with Gasteiger partial charge in [-0.25, -0.2) is 4.98 Å². The van der Waals surface area contributed by atoms with Gasteiger partial charge in [-0.15, -0.1) is 0 Å². The lowest BCUT2D eigenvalue weighted by Gasteiger charge is -2.12. The van der Waals surface area contributed by atoms with E-state index in [1.54, 1.807) is 26.6 Å². The Hall–Kier alpha value is -2.88. The lowest BCUT2D eigenvalue weighted by Crippen LogP contribution is -1.95. The quantitative estimate of drug-likeness (QED) is 0.733. The predicted molar refractivity (Wildman–Crippen MR) is 86.0 cm³/mol. The molecule has 0 aliphatic carbocycles. The SMILES string of the molecule is COc1ccccc1-c1cc(-c2ccccn2)cnc1OC. The van der Waals surface area contributed by atoms with E-state index in [0.29, 0.717) is 5.88 Å². The summed E-state index contributed by atoms with van der Waals surface area (Å²) in [6.45, 7) is 0. The molecule has 0 spiro atoms. The highest BCUT2D eigenvalue weighted by atomic mass is 16.5. The van der Waals surface area contributed by atoms with Crippen molar-refractivity contribution < 1.29 is 9.47 Å². The summed E-state index contributed by atoms with van der Waals surface area (Å²) in [5.41, 5.74) is 3.62. The third kappa shape index (κ3) is 2.63. The molecule has 0 radical (unpaired) electrons. The van der Waals surface area contributed by atoms with Crippen molar-refractivity contribution >= 4 is 0 Å². The van der Waals surface area contributed by atoms with Crippen LogP contribution < -0.4 is 9.47 Å². The molecule has 4 heteroatoms. The summed E-state index contributed by atoms with van der Waals surface area (Å²) in [5.74, 6) is 1.34. The van der Waals surface area contributed by atoms with Crippen LogP contribution in [-0.2, 0) is 0 Å². The Labute approximate surface area is 129 Å². The van der Waals surface area contributed by atoms with Gasteiger partial charge < -0.3 is 9.47 Å². The van der Waals surface area contributed by atoms with Gasteiger partial charge in [-0.1, -0.05) is 24.3 Å². The summed E-state index contributed by atoms with van der Waals surface area (Å²) in [6.07, 6.45) is 3.53. The van der Waals surface area contributed by atoms with Crippen LogP contribution in [0.4, 0.5) is 0 Å². The zero-order chi connectivity index (χ0) is 15.4. The third-order valence-electron chi connectivity index (χ3n) is 3.40. The van der Waals surface area contributed by atoms with Crippen molar-refractivity contribution in [1.29, 1.82) is 0 Å². The third-order valence-corrected chi connectivity index (χ3v) is 3.40. The molecular weight excluding hydrogens is 276 g/mol. The van der Waals surface area contributed by atoms with Gasteiger partial charge in [-0.2, -0.15) is 0 Å². The Morgan fingerprint density at radius 3 is 2.36 bits per heavy atom. The average Bonchev–Trinajstić information content (AvgIpc) is 2.62. The predicted octanol–water partition coefficient (Wildman–Crippen LogP) is 3.83. The van der Waals surface area contributed by atoms with Crippen LogP contribution in [0.25, 0.3) is 22.4 Å². The second-order valence-electron chi connectivity index (χ2n) is 4.70. The molecule has 0 saturated carbocycles. The van der Waals surface area contributed by atoms with E-state index in [2.05, 4.69) is 9.97 Å². The zero-order valence-corrected chi connectivity index (χ0v) is 12.5. The van der Waals surface area contributed by atoms with Gasteiger partial charge in [0.25, 0.3) is 0 Å². The highest BCUT2D eigenvalue weighted by Gasteiger charge is 2.13. The molecular formula is C18H16N2O2. The van der Waals surface area contributed by atoms with Crippen LogP contribution in [-0.4, -0.2) is 24.2 Å². The first kappa shape index (κ1) is 14.1. The maximum Gasteiger partial charge on any atom is 0.221 e. The molecule has 2 aromatic heterocycles. The largest absolute Gasteiger partial charge is 0.496 e. The Morgan fingerprint density at radius 2 is 1.64 bits per heavy atom. The Balaban J connectivity index is 2.17. The molecule has 0 N–H and O–H groups in total. The molecule has 22 heavy (non-hydrogen) atoms. The van der Waals surface area contributed by atoms with Crippen molar-refractivity contribution in [1.82, 2.24) is 9.97 Å². The van der Waals surface area contributed by atoms with Gasteiger partial charge in [0.2, 0.25) is 5.88 Å². The Kier molecular flexibility index (Phi) is 4.01. The summed E-state index contributed by atoms with van der Waals surface area (Å²) in [4.78, 5) is 8.78. The van der Waals surface area contributed by atoms with E-state index in [1.807, 2.05) is 48.5 Å². The molecule has 3 rings (SSSR count). The fraction of sp³-hybridized carbons (Fsp3) is 0.111. The molecule has 0 bridgehead atoms.